The molecule has 3 unspecified atom stereocenters. The fourth-order valence-electron chi connectivity index (χ4n) is 3.23. The highest BCUT2D eigenvalue weighted by atomic mass is 16.2. The number of amides is 1. The Morgan fingerprint density at radius 3 is 2.62 bits per heavy atom. The first kappa shape index (κ1) is 10.6. The maximum atomic E-state index is 11.9. The van der Waals surface area contributed by atoms with E-state index in [0.29, 0.717) is 12.1 Å². The van der Waals surface area contributed by atoms with Gasteiger partial charge in [-0.2, -0.15) is 0 Å². The van der Waals surface area contributed by atoms with Crippen molar-refractivity contribution in [3.8, 4) is 0 Å². The minimum atomic E-state index is 0.0972. The molecule has 3 nitrogen and oxygen atoms in total. The zero-order valence-electron chi connectivity index (χ0n) is 9.87. The molecule has 0 aromatic heterocycles. The second kappa shape index (κ2) is 4.36. The average Bonchev–Trinajstić information content (AvgIpc) is 3.12. The Labute approximate surface area is 97.4 Å². The van der Waals surface area contributed by atoms with Crippen LogP contribution in [0, 0.1) is 5.92 Å². The van der Waals surface area contributed by atoms with Crippen molar-refractivity contribution in [3.63, 3.8) is 0 Å². The third-order valence-corrected chi connectivity index (χ3v) is 4.39. The molecule has 90 valence electrons. The van der Waals surface area contributed by atoms with Gasteiger partial charge in [0.1, 0.15) is 0 Å². The summed E-state index contributed by atoms with van der Waals surface area (Å²) in [5, 5.41) is 6.69. The summed E-state index contributed by atoms with van der Waals surface area (Å²) < 4.78 is 0. The van der Waals surface area contributed by atoms with E-state index in [1.165, 1.54) is 44.9 Å². The molecule has 0 spiro atoms. The Balaban J connectivity index is 1.54. The molecule has 3 fully saturated rings. The van der Waals surface area contributed by atoms with E-state index < -0.39 is 0 Å². The molecule has 0 bridgehead atoms. The zero-order valence-corrected chi connectivity index (χ0v) is 9.87. The molecule has 16 heavy (non-hydrogen) atoms. The van der Waals surface area contributed by atoms with Crippen molar-refractivity contribution in [2.24, 2.45) is 5.92 Å². The lowest BCUT2D eigenvalue weighted by molar-refractivity contribution is -0.124. The number of nitrogens with one attached hydrogen (secondary N) is 2. The van der Waals surface area contributed by atoms with E-state index in [4.69, 9.17) is 0 Å². The number of carbonyl (C=O) groups is 1. The van der Waals surface area contributed by atoms with Gasteiger partial charge in [0.05, 0.1) is 6.04 Å². The van der Waals surface area contributed by atoms with Gasteiger partial charge < -0.3 is 10.6 Å². The molecule has 1 aliphatic heterocycles. The van der Waals surface area contributed by atoms with Crippen LogP contribution < -0.4 is 10.6 Å². The lowest BCUT2D eigenvalue weighted by Gasteiger charge is -2.39. The Hall–Kier alpha value is -0.570. The van der Waals surface area contributed by atoms with Gasteiger partial charge >= 0.3 is 0 Å². The molecular formula is C13H22N2O. The fraction of sp³-hybridized carbons (Fsp3) is 0.923. The summed E-state index contributed by atoms with van der Waals surface area (Å²) >= 11 is 0. The maximum Gasteiger partial charge on any atom is 0.237 e. The third kappa shape index (κ3) is 2.24. The van der Waals surface area contributed by atoms with Crippen molar-refractivity contribution in [3.05, 3.63) is 0 Å². The lowest BCUT2D eigenvalue weighted by atomic mass is 9.77. The molecule has 3 rings (SSSR count). The second-order valence-electron chi connectivity index (χ2n) is 5.73. The normalized spacial score (nSPS) is 38.9. The Kier molecular flexibility index (Phi) is 2.88. The highest BCUT2D eigenvalue weighted by Gasteiger charge is 2.35. The summed E-state index contributed by atoms with van der Waals surface area (Å²) in [5.74, 6) is 1.10. The van der Waals surface area contributed by atoms with Gasteiger partial charge in [-0.25, -0.2) is 0 Å². The van der Waals surface area contributed by atoms with Crippen LogP contribution in [0.4, 0.5) is 0 Å². The molecule has 3 atom stereocenters. The summed E-state index contributed by atoms with van der Waals surface area (Å²) in [6.45, 7) is 0. The van der Waals surface area contributed by atoms with Crippen LogP contribution in [0.5, 0.6) is 0 Å². The average molecular weight is 222 g/mol. The minimum absolute atomic E-state index is 0.0972. The molecule has 1 amide bonds. The Bertz CT molecular complexity index is 275. The topological polar surface area (TPSA) is 41.1 Å². The van der Waals surface area contributed by atoms with Gasteiger partial charge in [-0.3, -0.25) is 4.79 Å². The standard InChI is InChI=1S/C13H22N2O/c16-13(14-10-6-7-10)12-8-5-9-3-1-2-4-11(9)15-12/h9-12,15H,1-8H2,(H,14,16). The van der Waals surface area contributed by atoms with Crippen molar-refractivity contribution >= 4 is 5.91 Å². The Morgan fingerprint density at radius 1 is 1.00 bits per heavy atom. The first-order chi connectivity index (χ1) is 7.83. The number of carbonyl (C=O) groups excluding carboxylic acids is 1. The molecule has 1 saturated heterocycles. The zero-order chi connectivity index (χ0) is 11.0. The fourth-order valence-corrected chi connectivity index (χ4v) is 3.23. The molecule has 3 aliphatic rings. The summed E-state index contributed by atoms with van der Waals surface area (Å²) in [4.78, 5) is 11.9. The molecule has 1 heterocycles. The molecule has 0 aromatic carbocycles. The van der Waals surface area contributed by atoms with E-state index >= 15 is 0 Å². The predicted octanol–water partition coefficient (Wildman–Crippen LogP) is 1.58. The third-order valence-electron chi connectivity index (χ3n) is 4.39. The number of hydrogen-bond donors (Lipinski definition) is 2. The van der Waals surface area contributed by atoms with E-state index in [0.717, 1.165) is 12.3 Å². The van der Waals surface area contributed by atoms with Gasteiger partial charge in [-0.05, 0) is 44.4 Å². The first-order valence-electron chi connectivity index (χ1n) is 6.89. The van der Waals surface area contributed by atoms with Crippen molar-refractivity contribution in [1.29, 1.82) is 0 Å². The molecule has 2 saturated carbocycles. The number of piperidine rings is 1. The van der Waals surface area contributed by atoms with Gasteiger partial charge in [0.25, 0.3) is 0 Å². The first-order valence-corrected chi connectivity index (χ1v) is 6.89. The molecule has 0 radical (unpaired) electrons. The molecule has 3 heteroatoms. The van der Waals surface area contributed by atoms with Crippen molar-refractivity contribution in [2.45, 2.75) is 69.5 Å². The van der Waals surface area contributed by atoms with E-state index in [9.17, 15) is 4.79 Å². The molecule has 2 aliphatic carbocycles. The monoisotopic (exact) mass is 222 g/mol. The molecular weight excluding hydrogens is 200 g/mol. The van der Waals surface area contributed by atoms with Gasteiger partial charge in [-0.1, -0.05) is 12.8 Å². The number of rotatable bonds is 2. The van der Waals surface area contributed by atoms with Crippen LogP contribution in [0.15, 0.2) is 0 Å². The number of hydrogen-bond acceptors (Lipinski definition) is 2. The summed E-state index contributed by atoms with van der Waals surface area (Å²) in [6, 6.07) is 1.22. The quantitative estimate of drug-likeness (QED) is 0.744. The SMILES string of the molecule is O=C(NC1CC1)C1CCC2CCCCC2N1. The van der Waals surface area contributed by atoms with E-state index in [1.54, 1.807) is 0 Å². The van der Waals surface area contributed by atoms with Crippen LogP contribution in [0.25, 0.3) is 0 Å². The van der Waals surface area contributed by atoms with Gasteiger partial charge in [0, 0.05) is 12.1 Å². The maximum absolute atomic E-state index is 11.9. The minimum Gasteiger partial charge on any atom is -0.352 e. The van der Waals surface area contributed by atoms with Crippen LogP contribution in [0.3, 0.4) is 0 Å². The highest BCUT2D eigenvalue weighted by Crippen LogP contribution is 2.32. The molecule has 0 aromatic rings. The summed E-state index contributed by atoms with van der Waals surface area (Å²) in [7, 11) is 0. The van der Waals surface area contributed by atoms with Crippen molar-refractivity contribution in [2.75, 3.05) is 0 Å². The van der Waals surface area contributed by atoms with E-state index in [2.05, 4.69) is 10.6 Å². The second-order valence-corrected chi connectivity index (χ2v) is 5.73. The summed E-state index contributed by atoms with van der Waals surface area (Å²) in [5.41, 5.74) is 0. The van der Waals surface area contributed by atoms with Crippen LogP contribution >= 0.6 is 0 Å². The number of fused-ring (bicyclic) bond motifs is 1. The van der Waals surface area contributed by atoms with Crippen molar-refractivity contribution in [1.82, 2.24) is 10.6 Å². The predicted molar refractivity (Wildman–Crippen MR) is 63.1 cm³/mol. The van der Waals surface area contributed by atoms with Crippen LogP contribution in [0.1, 0.15) is 51.4 Å². The van der Waals surface area contributed by atoms with Gasteiger partial charge in [0.15, 0.2) is 0 Å². The van der Waals surface area contributed by atoms with Crippen LogP contribution in [-0.2, 0) is 4.79 Å². The van der Waals surface area contributed by atoms with Gasteiger partial charge in [-0.15, -0.1) is 0 Å². The van der Waals surface area contributed by atoms with E-state index in [-0.39, 0.29) is 11.9 Å². The van der Waals surface area contributed by atoms with E-state index in [1.807, 2.05) is 0 Å². The summed E-state index contributed by atoms with van der Waals surface area (Å²) in [6.07, 6.45) is 10.0. The highest BCUT2D eigenvalue weighted by molar-refractivity contribution is 5.82. The van der Waals surface area contributed by atoms with Crippen LogP contribution in [0.2, 0.25) is 0 Å². The van der Waals surface area contributed by atoms with Crippen LogP contribution in [-0.4, -0.2) is 24.0 Å². The smallest absolute Gasteiger partial charge is 0.237 e. The molecule has 2 N–H and O–H groups in total. The van der Waals surface area contributed by atoms with Crippen molar-refractivity contribution < 1.29 is 4.79 Å². The van der Waals surface area contributed by atoms with Gasteiger partial charge in [0.2, 0.25) is 5.91 Å². The lowest BCUT2D eigenvalue weighted by Crippen LogP contribution is -2.55. The largest absolute Gasteiger partial charge is 0.352 e. The Morgan fingerprint density at radius 2 is 1.81 bits per heavy atom.